The van der Waals surface area contributed by atoms with Crippen LogP contribution in [0.1, 0.15) is 20.9 Å². The summed E-state index contributed by atoms with van der Waals surface area (Å²) >= 11 is 1.39. The van der Waals surface area contributed by atoms with Crippen LogP contribution in [0.3, 0.4) is 0 Å². The molecule has 0 atom stereocenters. The van der Waals surface area contributed by atoms with E-state index in [2.05, 4.69) is 4.98 Å². The molecule has 0 radical (unpaired) electrons. The molecule has 0 amide bonds. The van der Waals surface area contributed by atoms with E-state index in [4.69, 9.17) is 4.74 Å². The Morgan fingerprint density at radius 2 is 1.90 bits per heavy atom. The Labute approximate surface area is 120 Å². The Kier molecular flexibility index (Phi) is 3.24. The SMILES string of the molecule is COc1ccc2nc(C(=O)c3ccc(C)cc3)sc2c1. The summed E-state index contributed by atoms with van der Waals surface area (Å²) in [7, 11) is 1.63. The standard InChI is InChI=1S/C16H13NO2S/c1-10-3-5-11(6-4-10)15(18)16-17-13-8-7-12(19-2)9-14(13)20-16/h3-9H,1-2H3. The quantitative estimate of drug-likeness (QED) is 0.685. The molecule has 0 aliphatic carbocycles. The van der Waals surface area contributed by atoms with Crippen LogP contribution >= 0.6 is 11.3 Å². The van der Waals surface area contributed by atoms with Gasteiger partial charge in [0.2, 0.25) is 5.78 Å². The Morgan fingerprint density at radius 3 is 2.60 bits per heavy atom. The normalized spacial score (nSPS) is 10.7. The molecule has 4 heteroatoms. The summed E-state index contributed by atoms with van der Waals surface area (Å²) in [6, 6.07) is 13.2. The first-order valence-corrected chi connectivity index (χ1v) is 7.05. The van der Waals surface area contributed by atoms with Crippen LogP contribution in [0, 0.1) is 6.92 Å². The van der Waals surface area contributed by atoms with Gasteiger partial charge in [0.25, 0.3) is 0 Å². The van der Waals surface area contributed by atoms with E-state index < -0.39 is 0 Å². The van der Waals surface area contributed by atoms with E-state index in [0.29, 0.717) is 10.6 Å². The van der Waals surface area contributed by atoms with Crippen LogP contribution < -0.4 is 4.74 Å². The number of nitrogens with zero attached hydrogens (tertiary/aromatic N) is 1. The van der Waals surface area contributed by atoms with Gasteiger partial charge in [-0.25, -0.2) is 4.98 Å². The van der Waals surface area contributed by atoms with Crippen LogP contribution in [0.2, 0.25) is 0 Å². The predicted molar refractivity (Wildman–Crippen MR) is 80.8 cm³/mol. The lowest BCUT2D eigenvalue weighted by atomic mass is 10.1. The molecule has 0 saturated heterocycles. The molecule has 1 aromatic heterocycles. The minimum absolute atomic E-state index is 0.0369. The van der Waals surface area contributed by atoms with Gasteiger partial charge in [-0.05, 0) is 25.1 Å². The Balaban J connectivity index is 2.01. The lowest BCUT2D eigenvalue weighted by Crippen LogP contribution is -1.99. The number of rotatable bonds is 3. The molecule has 3 rings (SSSR count). The first kappa shape index (κ1) is 12.8. The van der Waals surface area contributed by atoms with Gasteiger partial charge in [0, 0.05) is 5.56 Å². The maximum absolute atomic E-state index is 12.4. The van der Waals surface area contributed by atoms with Crippen LogP contribution in [0.15, 0.2) is 42.5 Å². The molecule has 0 N–H and O–H groups in total. The van der Waals surface area contributed by atoms with E-state index in [1.54, 1.807) is 7.11 Å². The summed E-state index contributed by atoms with van der Waals surface area (Å²) in [5, 5.41) is 0.511. The molecule has 0 spiro atoms. The lowest BCUT2D eigenvalue weighted by Gasteiger charge is -1.97. The van der Waals surface area contributed by atoms with Crippen LogP contribution in [-0.4, -0.2) is 17.9 Å². The molecule has 0 aliphatic rings. The average Bonchev–Trinajstić information content (AvgIpc) is 2.90. The zero-order valence-electron chi connectivity index (χ0n) is 11.2. The van der Waals surface area contributed by atoms with Crippen molar-refractivity contribution < 1.29 is 9.53 Å². The van der Waals surface area contributed by atoms with E-state index in [0.717, 1.165) is 21.5 Å². The summed E-state index contributed by atoms with van der Waals surface area (Å²) in [5.74, 6) is 0.737. The Morgan fingerprint density at radius 1 is 1.15 bits per heavy atom. The third kappa shape index (κ3) is 2.30. The highest BCUT2D eigenvalue weighted by molar-refractivity contribution is 7.20. The van der Waals surface area contributed by atoms with E-state index in [1.165, 1.54) is 11.3 Å². The van der Waals surface area contributed by atoms with E-state index in [-0.39, 0.29) is 5.78 Å². The minimum Gasteiger partial charge on any atom is -0.497 e. The number of aromatic nitrogens is 1. The molecule has 3 nitrogen and oxygen atoms in total. The van der Waals surface area contributed by atoms with Gasteiger partial charge in [-0.2, -0.15) is 0 Å². The summed E-state index contributed by atoms with van der Waals surface area (Å²) in [5.41, 5.74) is 2.63. The number of aryl methyl sites for hydroxylation is 1. The minimum atomic E-state index is -0.0369. The van der Waals surface area contributed by atoms with Crippen LogP contribution in [0.5, 0.6) is 5.75 Å². The second-order valence-corrected chi connectivity index (χ2v) is 5.58. The van der Waals surface area contributed by atoms with Crippen molar-refractivity contribution in [2.24, 2.45) is 0 Å². The molecule has 20 heavy (non-hydrogen) atoms. The van der Waals surface area contributed by atoms with Crippen molar-refractivity contribution >= 4 is 27.3 Å². The van der Waals surface area contributed by atoms with Crippen molar-refractivity contribution in [3.63, 3.8) is 0 Å². The van der Waals surface area contributed by atoms with E-state index >= 15 is 0 Å². The molecular weight excluding hydrogens is 270 g/mol. The van der Waals surface area contributed by atoms with Crippen LogP contribution in [0.25, 0.3) is 10.2 Å². The molecule has 0 bridgehead atoms. The number of thiazole rings is 1. The smallest absolute Gasteiger partial charge is 0.221 e. The number of fused-ring (bicyclic) bond motifs is 1. The highest BCUT2D eigenvalue weighted by Gasteiger charge is 2.14. The van der Waals surface area contributed by atoms with E-state index in [1.807, 2.05) is 49.4 Å². The van der Waals surface area contributed by atoms with Crippen molar-refractivity contribution in [3.8, 4) is 5.75 Å². The highest BCUT2D eigenvalue weighted by Crippen LogP contribution is 2.27. The molecule has 0 aliphatic heterocycles. The molecule has 0 fully saturated rings. The second kappa shape index (κ2) is 5.06. The molecule has 1 heterocycles. The number of ketones is 1. The maximum atomic E-state index is 12.4. The maximum Gasteiger partial charge on any atom is 0.221 e. The predicted octanol–water partition coefficient (Wildman–Crippen LogP) is 3.84. The number of carbonyl (C=O) groups excluding carboxylic acids is 1. The largest absolute Gasteiger partial charge is 0.497 e. The van der Waals surface area contributed by atoms with Gasteiger partial charge in [-0.3, -0.25) is 4.79 Å². The first-order chi connectivity index (χ1) is 9.67. The third-order valence-electron chi connectivity index (χ3n) is 3.10. The van der Waals surface area contributed by atoms with Crippen molar-refractivity contribution in [1.82, 2.24) is 4.98 Å². The van der Waals surface area contributed by atoms with Crippen molar-refractivity contribution in [1.29, 1.82) is 0 Å². The van der Waals surface area contributed by atoms with Gasteiger partial charge in [0.05, 0.1) is 17.3 Å². The molecule has 3 aromatic rings. The molecule has 0 unspecified atom stereocenters. The van der Waals surface area contributed by atoms with E-state index in [9.17, 15) is 4.79 Å². The molecule has 0 saturated carbocycles. The van der Waals surface area contributed by atoms with Crippen molar-refractivity contribution in [3.05, 3.63) is 58.6 Å². The summed E-state index contributed by atoms with van der Waals surface area (Å²) in [6.07, 6.45) is 0. The first-order valence-electron chi connectivity index (χ1n) is 6.23. The molecule has 100 valence electrons. The van der Waals surface area contributed by atoms with Gasteiger partial charge in [0.1, 0.15) is 5.75 Å². The fourth-order valence-electron chi connectivity index (χ4n) is 1.96. The van der Waals surface area contributed by atoms with Crippen LogP contribution in [0.4, 0.5) is 0 Å². The highest BCUT2D eigenvalue weighted by atomic mass is 32.1. The molecular formula is C16H13NO2S. The number of carbonyl (C=O) groups is 1. The zero-order chi connectivity index (χ0) is 14.1. The monoisotopic (exact) mass is 283 g/mol. The van der Waals surface area contributed by atoms with Gasteiger partial charge in [-0.15, -0.1) is 11.3 Å². The van der Waals surface area contributed by atoms with Crippen LogP contribution in [-0.2, 0) is 0 Å². The van der Waals surface area contributed by atoms with Crippen molar-refractivity contribution in [2.45, 2.75) is 6.92 Å². The zero-order valence-corrected chi connectivity index (χ0v) is 12.0. The van der Waals surface area contributed by atoms with Gasteiger partial charge in [0.15, 0.2) is 5.01 Å². The fraction of sp³-hybridized carbons (Fsp3) is 0.125. The van der Waals surface area contributed by atoms with Crippen molar-refractivity contribution in [2.75, 3.05) is 7.11 Å². The lowest BCUT2D eigenvalue weighted by molar-refractivity contribution is 0.103. The van der Waals surface area contributed by atoms with Gasteiger partial charge >= 0.3 is 0 Å². The number of hydrogen-bond acceptors (Lipinski definition) is 4. The fourth-order valence-corrected chi connectivity index (χ4v) is 2.91. The Hall–Kier alpha value is -2.20. The summed E-state index contributed by atoms with van der Waals surface area (Å²) in [4.78, 5) is 16.8. The van der Waals surface area contributed by atoms with Gasteiger partial charge in [-0.1, -0.05) is 29.8 Å². The Bertz CT molecular complexity index is 775. The van der Waals surface area contributed by atoms with Gasteiger partial charge < -0.3 is 4.74 Å². The average molecular weight is 283 g/mol. The molecule has 2 aromatic carbocycles. The topological polar surface area (TPSA) is 39.2 Å². The number of benzene rings is 2. The summed E-state index contributed by atoms with van der Waals surface area (Å²) < 4.78 is 6.14. The number of methoxy groups -OCH3 is 1. The number of ether oxygens (including phenoxy) is 1. The third-order valence-corrected chi connectivity index (χ3v) is 4.12. The second-order valence-electron chi connectivity index (χ2n) is 4.55. The number of hydrogen-bond donors (Lipinski definition) is 0. The summed E-state index contributed by atoms with van der Waals surface area (Å²) in [6.45, 7) is 2.00.